The molecule has 0 bridgehead atoms. The van der Waals surface area contributed by atoms with Gasteiger partial charge in [-0.05, 0) is 67.2 Å². The third-order valence-electron chi connectivity index (χ3n) is 8.12. The molecule has 1 aliphatic heterocycles. The second-order valence-corrected chi connectivity index (χ2v) is 13.4. The molecule has 0 radical (unpaired) electrons. The number of rotatable bonds is 19. The number of esters is 4. The Labute approximate surface area is 258 Å². The van der Waals surface area contributed by atoms with E-state index in [1.54, 1.807) is 13.8 Å². The minimum atomic E-state index is -1.08. The Morgan fingerprint density at radius 1 is 0.791 bits per heavy atom. The van der Waals surface area contributed by atoms with Gasteiger partial charge >= 0.3 is 23.9 Å². The van der Waals surface area contributed by atoms with Gasteiger partial charge in [-0.25, -0.2) is 0 Å². The molecule has 1 saturated heterocycles. The van der Waals surface area contributed by atoms with Gasteiger partial charge in [-0.15, -0.1) is 0 Å². The van der Waals surface area contributed by atoms with E-state index in [4.69, 9.17) is 19.0 Å². The van der Waals surface area contributed by atoms with Crippen LogP contribution in [0.4, 0.5) is 0 Å². The van der Waals surface area contributed by atoms with Crippen molar-refractivity contribution in [1.82, 2.24) is 5.06 Å². The van der Waals surface area contributed by atoms with Crippen LogP contribution in [0.5, 0.6) is 0 Å². The van der Waals surface area contributed by atoms with Gasteiger partial charge in [0.05, 0.1) is 39.5 Å². The average molecular weight is 616 g/mol. The molecule has 250 valence electrons. The van der Waals surface area contributed by atoms with Crippen molar-refractivity contribution < 1.29 is 48.1 Å². The van der Waals surface area contributed by atoms with Gasteiger partial charge in [0.2, 0.25) is 0 Å². The summed E-state index contributed by atoms with van der Waals surface area (Å²) >= 11 is 0. The molecule has 1 heterocycles. The molecule has 1 aliphatic rings. The zero-order chi connectivity index (χ0) is 32.8. The van der Waals surface area contributed by atoms with Crippen molar-refractivity contribution >= 4 is 23.9 Å². The number of ether oxygens (including phenoxy) is 4. The molecule has 11 nitrogen and oxygen atoms in total. The topological polar surface area (TPSA) is 138 Å². The Morgan fingerprint density at radius 2 is 1.28 bits per heavy atom. The van der Waals surface area contributed by atoms with Gasteiger partial charge in [0.25, 0.3) is 0 Å². The fraction of sp³-hybridized carbons (Fsp3) is 0.875. The summed E-state index contributed by atoms with van der Waals surface area (Å²) in [5.74, 6) is -2.32. The summed E-state index contributed by atoms with van der Waals surface area (Å²) in [5, 5.41) is 12.3. The van der Waals surface area contributed by atoms with Crippen LogP contribution in [-0.2, 0) is 43.0 Å². The molecule has 1 fully saturated rings. The first kappa shape index (κ1) is 38.8. The van der Waals surface area contributed by atoms with E-state index in [9.17, 15) is 24.3 Å². The van der Waals surface area contributed by atoms with Crippen LogP contribution in [0.15, 0.2) is 0 Å². The lowest BCUT2D eigenvalue weighted by Crippen LogP contribution is -2.69. The number of methoxy groups -OCH3 is 3. The summed E-state index contributed by atoms with van der Waals surface area (Å²) in [5.41, 5.74) is -2.46. The molecule has 0 aromatic rings. The minimum absolute atomic E-state index is 0.0473. The zero-order valence-electron chi connectivity index (χ0n) is 28.0. The smallest absolute Gasteiger partial charge is 0.309 e. The maximum Gasteiger partial charge on any atom is 0.309 e. The lowest BCUT2D eigenvalue weighted by Gasteiger charge is -2.58. The predicted molar refractivity (Wildman–Crippen MR) is 161 cm³/mol. The monoisotopic (exact) mass is 615 g/mol. The van der Waals surface area contributed by atoms with Crippen LogP contribution >= 0.6 is 0 Å². The molecule has 0 spiro atoms. The van der Waals surface area contributed by atoms with Crippen LogP contribution in [0, 0.1) is 11.8 Å². The Morgan fingerprint density at radius 3 is 1.79 bits per heavy atom. The van der Waals surface area contributed by atoms with Gasteiger partial charge in [-0.1, -0.05) is 25.7 Å². The van der Waals surface area contributed by atoms with E-state index in [1.807, 2.05) is 32.8 Å². The number of hydrogen-bond acceptors (Lipinski definition) is 11. The normalized spacial score (nSPS) is 20.6. The molecule has 43 heavy (non-hydrogen) atoms. The SMILES string of the molecule is COC(=O)CCCCCCCC(C(=O)OC)C1C(OC(=O)CCCCC(=O)OC)CC(C)(C)N(OCC(C)(C)O)C1(C)C. The lowest BCUT2D eigenvalue weighted by molar-refractivity contribution is -0.326. The highest BCUT2D eigenvalue weighted by atomic mass is 16.7. The summed E-state index contributed by atoms with van der Waals surface area (Å²) in [6.07, 6.45) is 6.29. The second-order valence-electron chi connectivity index (χ2n) is 13.4. The van der Waals surface area contributed by atoms with Crippen LogP contribution < -0.4 is 0 Å². The summed E-state index contributed by atoms with van der Waals surface area (Å²) in [6, 6.07) is 0. The average Bonchev–Trinajstić information content (AvgIpc) is 2.91. The molecule has 3 unspecified atom stereocenters. The highest BCUT2D eigenvalue weighted by Gasteiger charge is 2.58. The minimum Gasteiger partial charge on any atom is -0.469 e. The standard InChI is InChI=1S/C32H57NO10/c1-30(2)21-24(43-27(36)20-16-15-19-26(35)40-8)28(32(5,6)33(30)42-22-31(3,4)38)23(29(37)41-9)17-13-11-10-12-14-18-25(34)39-7/h23-24,28,38H,10-22H2,1-9H3. The molecular weight excluding hydrogens is 558 g/mol. The Bertz CT molecular complexity index is 895. The number of carbonyl (C=O) groups is 4. The highest BCUT2D eigenvalue weighted by molar-refractivity contribution is 5.73. The Balaban J connectivity index is 3.18. The van der Waals surface area contributed by atoms with Gasteiger partial charge < -0.3 is 24.1 Å². The van der Waals surface area contributed by atoms with Crippen LogP contribution in [0.3, 0.4) is 0 Å². The van der Waals surface area contributed by atoms with Gasteiger partial charge in [0.1, 0.15) is 6.10 Å². The second kappa shape index (κ2) is 17.9. The van der Waals surface area contributed by atoms with Gasteiger partial charge in [0, 0.05) is 42.7 Å². The molecule has 0 aliphatic carbocycles. The number of carbonyl (C=O) groups excluding carboxylic acids is 4. The molecule has 0 amide bonds. The maximum absolute atomic E-state index is 13.3. The zero-order valence-corrected chi connectivity index (χ0v) is 28.0. The number of unbranched alkanes of at least 4 members (excludes halogenated alkanes) is 5. The number of aliphatic hydroxyl groups is 1. The summed E-state index contributed by atoms with van der Waals surface area (Å²) < 4.78 is 20.8. The Kier molecular flexibility index (Phi) is 16.1. The molecule has 0 aromatic carbocycles. The van der Waals surface area contributed by atoms with Crippen molar-refractivity contribution in [2.24, 2.45) is 11.8 Å². The van der Waals surface area contributed by atoms with E-state index >= 15 is 0 Å². The van der Waals surface area contributed by atoms with Crippen LogP contribution in [0.1, 0.15) is 119 Å². The number of piperidine rings is 1. The Hall–Kier alpha value is -2.24. The third-order valence-corrected chi connectivity index (χ3v) is 8.12. The summed E-state index contributed by atoms with van der Waals surface area (Å²) in [4.78, 5) is 55.5. The van der Waals surface area contributed by atoms with E-state index in [-0.39, 0.29) is 43.3 Å². The van der Waals surface area contributed by atoms with Crippen molar-refractivity contribution in [3.63, 3.8) is 0 Å². The van der Waals surface area contributed by atoms with E-state index in [0.29, 0.717) is 32.1 Å². The number of hydroxylamine groups is 2. The van der Waals surface area contributed by atoms with Gasteiger partial charge in [-0.2, -0.15) is 5.06 Å². The fourth-order valence-electron chi connectivity index (χ4n) is 6.23. The first-order valence-electron chi connectivity index (χ1n) is 15.6. The van der Waals surface area contributed by atoms with Crippen LogP contribution in [0.25, 0.3) is 0 Å². The third kappa shape index (κ3) is 13.1. The van der Waals surface area contributed by atoms with Gasteiger partial charge in [0.15, 0.2) is 0 Å². The van der Waals surface area contributed by atoms with Crippen molar-refractivity contribution in [1.29, 1.82) is 0 Å². The molecule has 1 rings (SSSR count). The van der Waals surface area contributed by atoms with Crippen molar-refractivity contribution in [3.05, 3.63) is 0 Å². The van der Waals surface area contributed by atoms with Crippen molar-refractivity contribution in [3.8, 4) is 0 Å². The highest BCUT2D eigenvalue weighted by Crippen LogP contribution is 2.48. The van der Waals surface area contributed by atoms with E-state index in [2.05, 4.69) is 4.74 Å². The number of nitrogens with zero attached hydrogens (tertiary/aromatic N) is 1. The first-order chi connectivity index (χ1) is 20.0. The summed E-state index contributed by atoms with van der Waals surface area (Å²) in [6.45, 7) is 11.3. The fourth-order valence-corrected chi connectivity index (χ4v) is 6.23. The maximum atomic E-state index is 13.3. The lowest BCUT2D eigenvalue weighted by atomic mass is 9.65. The molecular formula is C32H57NO10. The van der Waals surface area contributed by atoms with Crippen molar-refractivity contribution in [2.75, 3.05) is 27.9 Å². The largest absolute Gasteiger partial charge is 0.469 e. The molecule has 0 aromatic heterocycles. The quantitative estimate of drug-likeness (QED) is 0.121. The predicted octanol–water partition coefficient (Wildman–Crippen LogP) is 4.91. The van der Waals surface area contributed by atoms with Crippen LogP contribution in [0.2, 0.25) is 0 Å². The molecule has 1 N–H and O–H groups in total. The molecule has 3 atom stereocenters. The number of hydrogen-bond donors (Lipinski definition) is 1. The van der Waals surface area contributed by atoms with Crippen LogP contribution in [-0.4, -0.2) is 84.8 Å². The first-order valence-corrected chi connectivity index (χ1v) is 15.6. The van der Waals surface area contributed by atoms with Gasteiger partial charge in [-0.3, -0.25) is 24.0 Å². The summed E-state index contributed by atoms with van der Waals surface area (Å²) in [7, 11) is 4.09. The van der Waals surface area contributed by atoms with Crippen molar-refractivity contribution in [2.45, 2.75) is 141 Å². The van der Waals surface area contributed by atoms with E-state index in [0.717, 1.165) is 32.1 Å². The van der Waals surface area contributed by atoms with E-state index < -0.39 is 34.6 Å². The molecule has 0 saturated carbocycles. The molecule has 11 heteroatoms. The van der Waals surface area contributed by atoms with E-state index in [1.165, 1.54) is 21.3 Å².